The Morgan fingerprint density at radius 1 is 1.21 bits per heavy atom. The fourth-order valence-electron chi connectivity index (χ4n) is 3.75. The van der Waals surface area contributed by atoms with Crippen molar-refractivity contribution in [1.82, 2.24) is 19.9 Å². The summed E-state index contributed by atoms with van der Waals surface area (Å²) in [4.78, 5) is 19.5. The fraction of sp³-hybridized carbons (Fsp3) is 0.286. The molecular formula is C21H21N5O2. The average molecular weight is 375 g/mol. The van der Waals surface area contributed by atoms with Crippen LogP contribution in [0.2, 0.25) is 0 Å². The molecule has 0 radical (unpaired) electrons. The van der Waals surface area contributed by atoms with Crippen LogP contribution in [0.15, 0.2) is 51.8 Å². The first-order valence-electron chi connectivity index (χ1n) is 9.46. The van der Waals surface area contributed by atoms with Gasteiger partial charge in [0.05, 0.1) is 23.1 Å². The highest BCUT2D eigenvalue weighted by molar-refractivity contribution is 5.84. The maximum absolute atomic E-state index is 12.7. The van der Waals surface area contributed by atoms with Crippen LogP contribution < -0.4 is 15.8 Å². The maximum Gasteiger partial charge on any atom is 0.345 e. The summed E-state index contributed by atoms with van der Waals surface area (Å²) in [5.41, 5.74) is 3.87. The third-order valence-corrected chi connectivity index (χ3v) is 5.18. The maximum atomic E-state index is 12.7. The lowest BCUT2D eigenvalue weighted by Crippen LogP contribution is -2.49. The van der Waals surface area contributed by atoms with Crippen LogP contribution in [0.3, 0.4) is 0 Å². The molecule has 0 amide bonds. The number of nitrogens with one attached hydrogen (secondary N) is 1. The molecular weight excluding hydrogens is 354 g/mol. The van der Waals surface area contributed by atoms with E-state index in [0.29, 0.717) is 28.5 Å². The molecule has 1 aliphatic rings. The van der Waals surface area contributed by atoms with E-state index in [9.17, 15) is 4.79 Å². The van der Waals surface area contributed by atoms with Gasteiger partial charge in [0, 0.05) is 42.8 Å². The highest BCUT2D eigenvalue weighted by Crippen LogP contribution is 2.25. The molecule has 4 heterocycles. The Morgan fingerprint density at radius 3 is 2.96 bits per heavy atom. The lowest BCUT2D eigenvalue weighted by molar-refractivity contribution is 0.484. The number of rotatable bonds is 2. The third-order valence-electron chi connectivity index (χ3n) is 5.18. The van der Waals surface area contributed by atoms with Gasteiger partial charge < -0.3 is 14.6 Å². The number of hydrogen-bond acceptors (Lipinski definition) is 6. The van der Waals surface area contributed by atoms with Gasteiger partial charge in [0.15, 0.2) is 5.65 Å². The van der Waals surface area contributed by atoms with Crippen LogP contribution in [0, 0.1) is 6.92 Å². The van der Waals surface area contributed by atoms with E-state index in [4.69, 9.17) is 4.42 Å². The smallest absolute Gasteiger partial charge is 0.345 e. The first kappa shape index (κ1) is 16.9. The van der Waals surface area contributed by atoms with E-state index < -0.39 is 5.63 Å². The van der Waals surface area contributed by atoms with Crippen LogP contribution in [0.1, 0.15) is 12.6 Å². The van der Waals surface area contributed by atoms with Crippen LogP contribution in [0.4, 0.5) is 5.69 Å². The van der Waals surface area contributed by atoms with E-state index in [-0.39, 0.29) is 0 Å². The van der Waals surface area contributed by atoms with Gasteiger partial charge in [0.2, 0.25) is 0 Å². The Hall–Kier alpha value is -3.19. The zero-order chi connectivity index (χ0) is 19.3. The highest BCUT2D eigenvalue weighted by Gasteiger charge is 2.17. The molecule has 7 nitrogen and oxygen atoms in total. The van der Waals surface area contributed by atoms with E-state index in [1.54, 1.807) is 10.7 Å². The molecule has 142 valence electrons. The summed E-state index contributed by atoms with van der Waals surface area (Å²) in [5, 5.41) is 8.71. The van der Waals surface area contributed by atoms with Crippen LogP contribution in [0.25, 0.3) is 27.9 Å². The second kappa shape index (κ2) is 6.45. The van der Waals surface area contributed by atoms with Crippen LogP contribution in [-0.2, 0) is 0 Å². The zero-order valence-electron chi connectivity index (χ0n) is 15.8. The van der Waals surface area contributed by atoms with E-state index >= 15 is 0 Å². The van der Waals surface area contributed by atoms with Crippen molar-refractivity contribution < 1.29 is 4.42 Å². The number of hydrogen-bond donors (Lipinski definition) is 1. The summed E-state index contributed by atoms with van der Waals surface area (Å²) in [5.74, 6) is 0. The lowest BCUT2D eigenvalue weighted by Gasteiger charge is -2.33. The van der Waals surface area contributed by atoms with Gasteiger partial charge in [-0.25, -0.2) is 14.3 Å². The number of imidazole rings is 1. The summed E-state index contributed by atoms with van der Waals surface area (Å²) in [6.07, 6.45) is 1.76. The van der Waals surface area contributed by atoms with Crippen LogP contribution in [0.5, 0.6) is 0 Å². The molecule has 4 aromatic rings. The largest absolute Gasteiger partial charge is 0.422 e. The van der Waals surface area contributed by atoms with Crippen molar-refractivity contribution in [3.8, 4) is 11.3 Å². The van der Waals surface area contributed by atoms with Crippen molar-refractivity contribution in [3.05, 3.63) is 58.7 Å². The molecule has 0 aliphatic carbocycles. The Kier molecular flexibility index (Phi) is 3.91. The summed E-state index contributed by atoms with van der Waals surface area (Å²) >= 11 is 0. The van der Waals surface area contributed by atoms with Crippen LogP contribution in [-0.4, -0.2) is 40.3 Å². The number of piperazine rings is 1. The Morgan fingerprint density at radius 2 is 2.11 bits per heavy atom. The minimum absolute atomic E-state index is 0.390. The molecule has 1 saturated heterocycles. The fourth-order valence-corrected chi connectivity index (χ4v) is 3.75. The van der Waals surface area contributed by atoms with E-state index in [1.807, 2.05) is 37.3 Å². The molecule has 1 fully saturated rings. The molecule has 7 heteroatoms. The first-order valence-corrected chi connectivity index (χ1v) is 9.46. The number of nitrogens with zero attached hydrogens (tertiary/aromatic N) is 4. The number of fused-ring (bicyclic) bond motifs is 2. The molecule has 0 saturated carbocycles. The molecule has 1 N–H and O–H groups in total. The van der Waals surface area contributed by atoms with E-state index in [2.05, 4.69) is 33.3 Å². The standard InChI is InChI=1S/C21H21N5O2/c1-13-3-6-20-23-18(12-26(20)24-13)17-9-15-4-5-16(10-19(15)28-21(17)27)25-8-7-22-14(2)11-25/h3-6,9-10,12,14,22H,7-8,11H2,1-2H3. The minimum atomic E-state index is -0.390. The molecule has 0 bridgehead atoms. The van der Waals surface area contributed by atoms with Crippen molar-refractivity contribution in [1.29, 1.82) is 0 Å². The summed E-state index contributed by atoms with van der Waals surface area (Å²) in [6, 6.07) is 12.1. The molecule has 1 aromatic carbocycles. The van der Waals surface area contributed by atoms with Crippen molar-refractivity contribution in [2.45, 2.75) is 19.9 Å². The van der Waals surface area contributed by atoms with E-state index in [1.165, 1.54) is 0 Å². The Balaban J connectivity index is 1.56. The third kappa shape index (κ3) is 2.93. The second-order valence-electron chi connectivity index (χ2n) is 7.37. The van der Waals surface area contributed by atoms with Crippen molar-refractivity contribution in [2.75, 3.05) is 24.5 Å². The molecule has 5 rings (SSSR count). The topological polar surface area (TPSA) is 75.7 Å². The number of aryl methyl sites for hydroxylation is 1. The Bertz CT molecular complexity index is 1240. The zero-order valence-corrected chi connectivity index (χ0v) is 15.8. The molecule has 28 heavy (non-hydrogen) atoms. The van der Waals surface area contributed by atoms with Crippen molar-refractivity contribution in [2.24, 2.45) is 0 Å². The quantitative estimate of drug-likeness (QED) is 0.543. The minimum Gasteiger partial charge on any atom is -0.422 e. The SMILES string of the molecule is Cc1ccc2nc(-c3cc4ccc(N5CCNC(C)C5)cc4oc3=O)cn2n1. The summed E-state index contributed by atoms with van der Waals surface area (Å²) in [6.45, 7) is 6.90. The number of benzene rings is 1. The van der Waals surface area contributed by atoms with Crippen molar-refractivity contribution in [3.63, 3.8) is 0 Å². The predicted octanol–water partition coefficient (Wildman–Crippen LogP) is 2.61. The lowest BCUT2D eigenvalue weighted by atomic mass is 10.1. The predicted molar refractivity (Wildman–Crippen MR) is 109 cm³/mol. The average Bonchev–Trinajstić information content (AvgIpc) is 3.10. The van der Waals surface area contributed by atoms with Gasteiger partial charge >= 0.3 is 5.63 Å². The highest BCUT2D eigenvalue weighted by atomic mass is 16.4. The van der Waals surface area contributed by atoms with Gasteiger partial charge in [-0.1, -0.05) is 0 Å². The van der Waals surface area contributed by atoms with Crippen molar-refractivity contribution >= 4 is 22.3 Å². The summed E-state index contributed by atoms with van der Waals surface area (Å²) in [7, 11) is 0. The normalized spacial score (nSPS) is 17.5. The number of anilines is 1. The summed E-state index contributed by atoms with van der Waals surface area (Å²) < 4.78 is 7.34. The monoisotopic (exact) mass is 375 g/mol. The second-order valence-corrected chi connectivity index (χ2v) is 7.37. The van der Waals surface area contributed by atoms with Gasteiger partial charge in [-0.3, -0.25) is 0 Å². The van der Waals surface area contributed by atoms with Gasteiger partial charge in [0.25, 0.3) is 0 Å². The van der Waals surface area contributed by atoms with Gasteiger partial charge in [-0.2, -0.15) is 5.10 Å². The molecule has 1 unspecified atom stereocenters. The molecule has 1 aliphatic heterocycles. The van der Waals surface area contributed by atoms with Gasteiger partial charge in [-0.15, -0.1) is 0 Å². The molecule has 3 aromatic heterocycles. The number of aromatic nitrogens is 3. The Labute approximate surface area is 161 Å². The van der Waals surface area contributed by atoms with E-state index in [0.717, 1.165) is 36.4 Å². The van der Waals surface area contributed by atoms with Gasteiger partial charge in [-0.05, 0) is 44.2 Å². The first-order chi connectivity index (χ1) is 13.6. The molecule has 0 spiro atoms. The van der Waals surface area contributed by atoms with Crippen LogP contribution >= 0.6 is 0 Å². The molecule has 1 atom stereocenters. The van der Waals surface area contributed by atoms with Gasteiger partial charge in [0.1, 0.15) is 5.58 Å².